The summed E-state index contributed by atoms with van der Waals surface area (Å²) in [5, 5.41) is 0.666. The molecule has 4 nitrogen and oxygen atoms in total. The van der Waals surface area contributed by atoms with Crippen molar-refractivity contribution in [2.45, 2.75) is 0 Å². The molecule has 0 aliphatic carbocycles. The zero-order valence-corrected chi connectivity index (χ0v) is 8.76. The van der Waals surface area contributed by atoms with Gasteiger partial charge in [0.05, 0.1) is 22.1 Å². The number of aromatic nitrogens is 2. The first kappa shape index (κ1) is 10.1. The molecule has 0 saturated carbocycles. The molecule has 6 heteroatoms. The average Bonchev–Trinajstić information content (AvgIpc) is 2.25. The molecule has 0 fully saturated rings. The highest BCUT2D eigenvalue weighted by molar-refractivity contribution is 6.38. The largest absolute Gasteiger partial charge is 0.320 e. The first-order chi connectivity index (χ1) is 7.08. The molecular formula is C9H4Cl2N2O2. The SMILES string of the molecule is O=c1cnc(=O)c2c(Cl)cc(Cl)cc2[nH]1. The van der Waals surface area contributed by atoms with E-state index in [4.69, 9.17) is 23.2 Å². The van der Waals surface area contributed by atoms with Crippen molar-refractivity contribution in [3.05, 3.63) is 49.1 Å². The number of aromatic amines is 1. The number of nitrogens with one attached hydrogen (secondary N) is 1. The lowest BCUT2D eigenvalue weighted by Gasteiger charge is -1.95. The predicted molar refractivity (Wildman–Crippen MR) is 58.7 cm³/mol. The Kier molecular flexibility index (Phi) is 2.46. The van der Waals surface area contributed by atoms with Gasteiger partial charge < -0.3 is 4.98 Å². The fraction of sp³-hybridized carbons (Fsp3) is 0. The maximum absolute atomic E-state index is 11.5. The van der Waals surface area contributed by atoms with E-state index in [-0.39, 0.29) is 15.9 Å². The van der Waals surface area contributed by atoms with E-state index in [1.807, 2.05) is 0 Å². The highest BCUT2D eigenvalue weighted by Gasteiger charge is 2.05. The van der Waals surface area contributed by atoms with E-state index >= 15 is 0 Å². The van der Waals surface area contributed by atoms with Gasteiger partial charge in [-0.2, -0.15) is 0 Å². The monoisotopic (exact) mass is 242 g/mol. The van der Waals surface area contributed by atoms with Crippen LogP contribution in [-0.2, 0) is 0 Å². The summed E-state index contributed by atoms with van der Waals surface area (Å²) in [5.74, 6) is 0. The van der Waals surface area contributed by atoms with Gasteiger partial charge in [0.1, 0.15) is 0 Å². The van der Waals surface area contributed by atoms with Crippen molar-refractivity contribution in [2.75, 3.05) is 0 Å². The number of nitrogens with zero attached hydrogens (tertiary/aromatic N) is 1. The second-order valence-electron chi connectivity index (χ2n) is 2.86. The summed E-state index contributed by atoms with van der Waals surface area (Å²) in [6.07, 6.45) is 0.909. The second-order valence-corrected chi connectivity index (χ2v) is 3.71. The topological polar surface area (TPSA) is 62.8 Å². The lowest BCUT2D eigenvalue weighted by Crippen LogP contribution is -2.03. The van der Waals surface area contributed by atoms with Gasteiger partial charge in [-0.25, -0.2) is 4.98 Å². The Balaban J connectivity index is 3.15. The minimum atomic E-state index is -0.565. The highest BCUT2D eigenvalue weighted by Crippen LogP contribution is 2.22. The molecule has 76 valence electrons. The Labute approximate surface area is 93.5 Å². The van der Waals surface area contributed by atoms with Gasteiger partial charge in [-0.05, 0) is 12.1 Å². The van der Waals surface area contributed by atoms with Gasteiger partial charge in [-0.15, -0.1) is 0 Å². The molecule has 1 aromatic carbocycles. The molecule has 0 unspecified atom stereocenters. The quantitative estimate of drug-likeness (QED) is 0.764. The van der Waals surface area contributed by atoms with Gasteiger partial charge in [-0.3, -0.25) is 9.59 Å². The number of benzene rings is 1. The molecule has 1 heterocycles. The maximum Gasteiger partial charge on any atom is 0.280 e. The molecule has 1 N–H and O–H groups in total. The van der Waals surface area contributed by atoms with E-state index in [0.29, 0.717) is 5.02 Å². The number of H-pyrrole nitrogens is 1. The summed E-state index contributed by atoms with van der Waals surface area (Å²) in [4.78, 5) is 28.5. The second kappa shape index (κ2) is 3.64. The highest BCUT2D eigenvalue weighted by atomic mass is 35.5. The van der Waals surface area contributed by atoms with Crippen molar-refractivity contribution in [2.24, 2.45) is 0 Å². The third kappa shape index (κ3) is 1.86. The van der Waals surface area contributed by atoms with Crippen LogP contribution < -0.4 is 11.1 Å². The first-order valence-electron chi connectivity index (χ1n) is 3.96. The van der Waals surface area contributed by atoms with Crippen molar-refractivity contribution in [1.82, 2.24) is 9.97 Å². The van der Waals surface area contributed by atoms with Gasteiger partial charge in [-0.1, -0.05) is 23.2 Å². The van der Waals surface area contributed by atoms with Gasteiger partial charge in [0, 0.05) is 5.02 Å². The summed E-state index contributed by atoms with van der Waals surface area (Å²) in [6, 6.07) is 2.88. The molecule has 0 saturated heterocycles. The van der Waals surface area contributed by atoms with Gasteiger partial charge in [0.15, 0.2) is 0 Å². The minimum Gasteiger partial charge on any atom is -0.320 e. The van der Waals surface area contributed by atoms with Crippen LogP contribution in [0.25, 0.3) is 10.9 Å². The van der Waals surface area contributed by atoms with E-state index in [9.17, 15) is 9.59 Å². The van der Waals surface area contributed by atoms with Crippen molar-refractivity contribution >= 4 is 34.1 Å². The Bertz CT molecular complexity index is 652. The number of fused-ring (bicyclic) bond motifs is 1. The van der Waals surface area contributed by atoms with E-state index < -0.39 is 11.1 Å². The molecular weight excluding hydrogens is 239 g/mol. The smallest absolute Gasteiger partial charge is 0.280 e. The lowest BCUT2D eigenvalue weighted by atomic mass is 10.2. The lowest BCUT2D eigenvalue weighted by molar-refractivity contribution is 1.23. The van der Waals surface area contributed by atoms with Gasteiger partial charge >= 0.3 is 0 Å². The fourth-order valence-corrected chi connectivity index (χ4v) is 1.81. The standard InChI is InChI=1S/C9H4Cl2N2O2/c10-4-1-5(11)8-6(2-4)13-7(14)3-12-9(8)15/h1-3H,(H,13,14). The number of halogens is 2. The van der Waals surface area contributed by atoms with Crippen LogP contribution in [0.2, 0.25) is 10.0 Å². The van der Waals surface area contributed by atoms with Crippen LogP contribution in [0.1, 0.15) is 0 Å². The van der Waals surface area contributed by atoms with Crippen LogP contribution in [0.5, 0.6) is 0 Å². The summed E-state index contributed by atoms with van der Waals surface area (Å²) in [5.41, 5.74) is -0.773. The van der Waals surface area contributed by atoms with Gasteiger partial charge in [0.2, 0.25) is 0 Å². The third-order valence-corrected chi connectivity index (χ3v) is 2.34. The molecule has 0 aliphatic heterocycles. The summed E-state index contributed by atoms with van der Waals surface area (Å²) >= 11 is 11.6. The van der Waals surface area contributed by atoms with Crippen LogP contribution in [-0.4, -0.2) is 9.97 Å². The molecule has 1 aromatic heterocycles. The Morgan fingerprint density at radius 2 is 1.93 bits per heavy atom. The summed E-state index contributed by atoms with van der Waals surface area (Å²) in [6.45, 7) is 0. The fourth-order valence-electron chi connectivity index (χ4n) is 1.24. The molecule has 0 radical (unpaired) electrons. The first-order valence-corrected chi connectivity index (χ1v) is 4.72. The summed E-state index contributed by atoms with van der Waals surface area (Å²) in [7, 11) is 0. The number of hydrogen-bond acceptors (Lipinski definition) is 3. The number of rotatable bonds is 0. The van der Waals surface area contributed by atoms with Crippen LogP contribution in [0.3, 0.4) is 0 Å². The van der Waals surface area contributed by atoms with E-state index in [1.165, 1.54) is 12.1 Å². The van der Waals surface area contributed by atoms with E-state index in [0.717, 1.165) is 6.20 Å². The van der Waals surface area contributed by atoms with Crippen molar-refractivity contribution < 1.29 is 0 Å². The normalized spacial score (nSPS) is 10.5. The molecule has 0 bridgehead atoms. The minimum absolute atomic E-state index is 0.156. The maximum atomic E-state index is 11.5. The molecule has 0 amide bonds. The molecule has 0 aliphatic rings. The number of hydrogen-bond donors (Lipinski definition) is 1. The van der Waals surface area contributed by atoms with E-state index in [1.54, 1.807) is 0 Å². The summed E-state index contributed by atoms with van der Waals surface area (Å²) < 4.78 is 0. The molecule has 15 heavy (non-hydrogen) atoms. The van der Waals surface area contributed by atoms with Crippen LogP contribution >= 0.6 is 23.2 Å². The molecule has 2 rings (SSSR count). The van der Waals surface area contributed by atoms with Crippen LogP contribution in [0, 0.1) is 0 Å². The average molecular weight is 243 g/mol. The zero-order chi connectivity index (χ0) is 11.0. The van der Waals surface area contributed by atoms with Crippen molar-refractivity contribution in [3.8, 4) is 0 Å². The Morgan fingerprint density at radius 1 is 1.20 bits per heavy atom. The zero-order valence-electron chi connectivity index (χ0n) is 7.25. The Hall–Kier alpha value is -1.39. The molecule has 2 aromatic rings. The molecule has 0 spiro atoms. The third-order valence-electron chi connectivity index (χ3n) is 1.83. The van der Waals surface area contributed by atoms with Crippen LogP contribution in [0.4, 0.5) is 0 Å². The van der Waals surface area contributed by atoms with E-state index in [2.05, 4.69) is 9.97 Å². The van der Waals surface area contributed by atoms with Crippen LogP contribution in [0.15, 0.2) is 27.9 Å². The predicted octanol–water partition coefficient (Wildman–Crippen LogP) is 1.59. The van der Waals surface area contributed by atoms with Gasteiger partial charge in [0.25, 0.3) is 11.1 Å². The Morgan fingerprint density at radius 3 is 2.67 bits per heavy atom. The van der Waals surface area contributed by atoms with Crippen molar-refractivity contribution in [1.29, 1.82) is 0 Å². The molecule has 0 atom stereocenters. The van der Waals surface area contributed by atoms with Crippen molar-refractivity contribution in [3.63, 3.8) is 0 Å².